The molecule has 7 heteroatoms. The first-order chi connectivity index (χ1) is 8.49. The standard InChI is InChI=1S/C11H13Br2NO3S/c12-9-1-2-11(10(13)5-9)18(15,16)14-6-8-3-4-17-7-8/h1-2,5,8,14H,3-4,6-7H2. The molecule has 1 unspecified atom stereocenters. The molecular weight excluding hydrogens is 386 g/mol. The van der Waals surface area contributed by atoms with Crippen molar-refractivity contribution in [3.05, 3.63) is 27.1 Å². The van der Waals surface area contributed by atoms with Crippen LogP contribution < -0.4 is 4.72 Å². The number of halogens is 2. The van der Waals surface area contributed by atoms with Gasteiger partial charge in [0.2, 0.25) is 10.0 Å². The minimum absolute atomic E-state index is 0.254. The Kier molecular flexibility index (Phi) is 4.82. The highest BCUT2D eigenvalue weighted by Gasteiger charge is 2.21. The molecule has 1 aliphatic heterocycles. The van der Waals surface area contributed by atoms with Gasteiger partial charge in [0.1, 0.15) is 0 Å². The van der Waals surface area contributed by atoms with Gasteiger partial charge < -0.3 is 4.74 Å². The van der Waals surface area contributed by atoms with Crippen molar-refractivity contribution >= 4 is 41.9 Å². The zero-order valence-corrected chi connectivity index (χ0v) is 13.5. The van der Waals surface area contributed by atoms with Crippen LogP contribution in [0, 0.1) is 5.92 Å². The van der Waals surface area contributed by atoms with E-state index in [-0.39, 0.29) is 10.8 Å². The summed E-state index contributed by atoms with van der Waals surface area (Å²) >= 11 is 6.56. The fraction of sp³-hybridized carbons (Fsp3) is 0.455. The van der Waals surface area contributed by atoms with Crippen molar-refractivity contribution in [2.45, 2.75) is 11.3 Å². The van der Waals surface area contributed by atoms with Crippen molar-refractivity contribution in [1.29, 1.82) is 0 Å². The lowest BCUT2D eigenvalue weighted by molar-refractivity contribution is 0.186. The van der Waals surface area contributed by atoms with Gasteiger partial charge in [0.25, 0.3) is 0 Å². The zero-order chi connectivity index (χ0) is 13.2. The highest BCUT2D eigenvalue weighted by molar-refractivity contribution is 9.11. The van der Waals surface area contributed by atoms with Crippen LogP contribution in [0.1, 0.15) is 6.42 Å². The van der Waals surface area contributed by atoms with Gasteiger partial charge in [0.05, 0.1) is 11.5 Å². The van der Waals surface area contributed by atoms with Crippen molar-refractivity contribution in [3.8, 4) is 0 Å². The van der Waals surface area contributed by atoms with Crippen LogP contribution in [0.25, 0.3) is 0 Å². The Morgan fingerprint density at radius 2 is 2.17 bits per heavy atom. The number of sulfonamides is 1. The third-order valence-corrected chi connectivity index (χ3v) is 5.66. The van der Waals surface area contributed by atoms with Crippen LogP contribution in [0.5, 0.6) is 0 Å². The van der Waals surface area contributed by atoms with Crippen LogP contribution >= 0.6 is 31.9 Å². The number of nitrogens with one attached hydrogen (secondary N) is 1. The first-order valence-corrected chi connectivity index (χ1v) is 8.58. The van der Waals surface area contributed by atoms with E-state index in [0.29, 0.717) is 24.2 Å². The smallest absolute Gasteiger partial charge is 0.241 e. The second kappa shape index (κ2) is 6.00. The van der Waals surface area contributed by atoms with Crippen LogP contribution in [-0.4, -0.2) is 28.2 Å². The van der Waals surface area contributed by atoms with E-state index in [1.54, 1.807) is 18.2 Å². The number of ether oxygens (including phenoxy) is 1. The Balaban J connectivity index is 2.09. The van der Waals surface area contributed by atoms with E-state index in [0.717, 1.165) is 10.9 Å². The molecule has 0 spiro atoms. The second-order valence-corrected chi connectivity index (χ2v) is 7.66. The van der Waals surface area contributed by atoms with E-state index in [2.05, 4.69) is 36.6 Å². The van der Waals surface area contributed by atoms with Crippen molar-refractivity contribution in [2.24, 2.45) is 5.92 Å². The lowest BCUT2D eigenvalue weighted by atomic mass is 10.1. The van der Waals surface area contributed by atoms with Gasteiger partial charge in [0, 0.05) is 22.1 Å². The molecule has 0 amide bonds. The third-order valence-electron chi connectivity index (χ3n) is 2.77. The number of hydrogen-bond acceptors (Lipinski definition) is 3. The van der Waals surface area contributed by atoms with Crippen LogP contribution in [0.3, 0.4) is 0 Å². The SMILES string of the molecule is O=S(=O)(NCC1CCOC1)c1ccc(Br)cc1Br. The number of rotatable bonds is 4. The molecule has 1 aromatic carbocycles. The molecule has 1 saturated heterocycles. The molecule has 1 heterocycles. The molecule has 0 aromatic heterocycles. The minimum Gasteiger partial charge on any atom is -0.381 e. The summed E-state index contributed by atoms with van der Waals surface area (Å²) in [5.41, 5.74) is 0. The van der Waals surface area contributed by atoms with Crippen LogP contribution in [-0.2, 0) is 14.8 Å². The van der Waals surface area contributed by atoms with Gasteiger partial charge in [-0.25, -0.2) is 13.1 Å². The van der Waals surface area contributed by atoms with Gasteiger partial charge in [-0.2, -0.15) is 0 Å². The monoisotopic (exact) mass is 397 g/mol. The Morgan fingerprint density at radius 3 is 2.78 bits per heavy atom. The van der Waals surface area contributed by atoms with Crippen molar-refractivity contribution < 1.29 is 13.2 Å². The third kappa shape index (κ3) is 3.54. The van der Waals surface area contributed by atoms with Crippen molar-refractivity contribution in [2.75, 3.05) is 19.8 Å². The molecule has 0 radical (unpaired) electrons. The zero-order valence-electron chi connectivity index (χ0n) is 9.53. The van der Waals surface area contributed by atoms with Gasteiger partial charge >= 0.3 is 0 Å². The normalized spacial score (nSPS) is 20.2. The van der Waals surface area contributed by atoms with E-state index in [1.807, 2.05) is 0 Å². The van der Waals surface area contributed by atoms with Gasteiger partial charge in [-0.1, -0.05) is 15.9 Å². The van der Waals surface area contributed by atoms with E-state index < -0.39 is 10.0 Å². The molecule has 1 aromatic rings. The molecule has 1 fully saturated rings. The second-order valence-electron chi connectivity index (χ2n) is 4.16. The Morgan fingerprint density at radius 1 is 1.39 bits per heavy atom. The molecule has 1 atom stereocenters. The highest BCUT2D eigenvalue weighted by Crippen LogP contribution is 2.25. The Hall–Kier alpha value is 0.0500. The molecule has 1 aliphatic rings. The maximum atomic E-state index is 12.1. The Labute approximate surface area is 123 Å². The molecular formula is C11H13Br2NO3S. The van der Waals surface area contributed by atoms with Crippen LogP contribution in [0.4, 0.5) is 0 Å². The summed E-state index contributed by atoms with van der Waals surface area (Å²) in [5, 5.41) is 0. The molecule has 18 heavy (non-hydrogen) atoms. The molecule has 0 bridgehead atoms. The average molecular weight is 399 g/mol. The molecule has 0 aliphatic carbocycles. The molecule has 0 saturated carbocycles. The predicted octanol–water partition coefficient (Wildman–Crippen LogP) is 2.53. The van der Waals surface area contributed by atoms with E-state index >= 15 is 0 Å². The van der Waals surface area contributed by atoms with Gasteiger partial charge in [-0.3, -0.25) is 0 Å². The number of benzene rings is 1. The van der Waals surface area contributed by atoms with Gasteiger partial charge in [-0.15, -0.1) is 0 Å². The summed E-state index contributed by atoms with van der Waals surface area (Å²) in [6.45, 7) is 1.77. The fourth-order valence-electron chi connectivity index (χ4n) is 1.74. The lowest BCUT2D eigenvalue weighted by Gasteiger charge is -2.11. The van der Waals surface area contributed by atoms with E-state index in [1.165, 1.54) is 0 Å². The largest absolute Gasteiger partial charge is 0.381 e. The Bertz CT molecular complexity index is 527. The lowest BCUT2D eigenvalue weighted by Crippen LogP contribution is -2.29. The maximum absolute atomic E-state index is 12.1. The number of hydrogen-bond donors (Lipinski definition) is 1. The highest BCUT2D eigenvalue weighted by atomic mass is 79.9. The maximum Gasteiger partial charge on any atom is 0.241 e. The van der Waals surface area contributed by atoms with Gasteiger partial charge in [0.15, 0.2) is 0 Å². The van der Waals surface area contributed by atoms with Crippen molar-refractivity contribution in [1.82, 2.24) is 4.72 Å². The van der Waals surface area contributed by atoms with Crippen molar-refractivity contribution in [3.63, 3.8) is 0 Å². The van der Waals surface area contributed by atoms with E-state index in [4.69, 9.17) is 4.74 Å². The molecule has 1 N–H and O–H groups in total. The first kappa shape index (κ1) is 14.5. The molecule has 4 nitrogen and oxygen atoms in total. The summed E-state index contributed by atoms with van der Waals surface area (Å²) in [6, 6.07) is 4.99. The van der Waals surface area contributed by atoms with E-state index in [9.17, 15) is 8.42 Å². The summed E-state index contributed by atoms with van der Waals surface area (Å²) in [7, 11) is -3.47. The summed E-state index contributed by atoms with van der Waals surface area (Å²) in [5.74, 6) is 0.272. The predicted molar refractivity (Wildman–Crippen MR) is 76.0 cm³/mol. The first-order valence-electron chi connectivity index (χ1n) is 5.51. The fourth-order valence-corrected chi connectivity index (χ4v) is 4.60. The topological polar surface area (TPSA) is 55.4 Å². The summed E-state index contributed by atoms with van der Waals surface area (Å²) in [4.78, 5) is 0.254. The average Bonchev–Trinajstić information content (AvgIpc) is 2.78. The summed E-state index contributed by atoms with van der Waals surface area (Å²) in [6.07, 6.45) is 0.907. The molecule has 100 valence electrons. The van der Waals surface area contributed by atoms with Crippen LogP contribution in [0.15, 0.2) is 32.0 Å². The summed E-state index contributed by atoms with van der Waals surface area (Å²) < 4.78 is 33.5. The van der Waals surface area contributed by atoms with Gasteiger partial charge in [-0.05, 0) is 46.5 Å². The molecule has 2 rings (SSSR count). The van der Waals surface area contributed by atoms with Crippen LogP contribution in [0.2, 0.25) is 0 Å². The minimum atomic E-state index is -3.47. The quantitative estimate of drug-likeness (QED) is 0.847.